The molecule has 1 aliphatic rings. The molecule has 5 heteroatoms. The van der Waals surface area contributed by atoms with Gasteiger partial charge in [-0.3, -0.25) is 9.48 Å². The average Bonchev–Trinajstić information content (AvgIpc) is 3.03. The largest absolute Gasteiger partial charge is 0.350 e. The number of likely N-dealkylation sites (N-methyl/N-ethyl adjacent to an activating group) is 1. The third-order valence-electron chi connectivity index (χ3n) is 4.51. The molecule has 0 saturated carbocycles. The number of amides is 1. The SMILES string of the molecule is CN(C)CC(CNC(=O)c1cc2n(n1)CCCC2)c1ccccc1. The maximum absolute atomic E-state index is 12.5. The van der Waals surface area contributed by atoms with Crippen molar-refractivity contribution in [3.05, 3.63) is 53.3 Å². The number of hydrogen-bond acceptors (Lipinski definition) is 3. The average molecular weight is 326 g/mol. The Morgan fingerprint density at radius 3 is 2.79 bits per heavy atom. The first kappa shape index (κ1) is 16.7. The zero-order valence-electron chi connectivity index (χ0n) is 14.5. The summed E-state index contributed by atoms with van der Waals surface area (Å²) < 4.78 is 1.98. The van der Waals surface area contributed by atoms with Gasteiger partial charge in [-0.05, 0) is 45.0 Å². The van der Waals surface area contributed by atoms with E-state index in [1.807, 2.05) is 28.9 Å². The molecule has 1 N–H and O–H groups in total. The highest BCUT2D eigenvalue weighted by atomic mass is 16.1. The Morgan fingerprint density at radius 1 is 1.29 bits per heavy atom. The number of nitrogens with one attached hydrogen (secondary N) is 1. The van der Waals surface area contributed by atoms with Gasteiger partial charge < -0.3 is 10.2 Å². The van der Waals surface area contributed by atoms with Gasteiger partial charge in [-0.2, -0.15) is 5.10 Å². The van der Waals surface area contributed by atoms with Crippen LogP contribution >= 0.6 is 0 Å². The van der Waals surface area contributed by atoms with E-state index in [9.17, 15) is 4.79 Å². The number of rotatable bonds is 6. The van der Waals surface area contributed by atoms with Crippen molar-refractivity contribution in [2.24, 2.45) is 0 Å². The van der Waals surface area contributed by atoms with Crippen LogP contribution < -0.4 is 5.32 Å². The van der Waals surface area contributed by atoms with Crippen LogP contribution in [0.4, 0.5) is 0 Å². The van der Waals surface area contributed by atoms with Crippen molar-refractivity contribution in [3.8, 4) is 0 Å². The van der Waals surface area contributed by atoms with Crippen LogP contribution in [0.5, 0.6) is 0 Å². The standard InChI is InChI=1S/C19H26N4O/c1-22(2)14-16(15-8-4-3-5-9-15)13-20-19(24)18-12-17-10-6-7-11-23(17)21-18/h3-5,8-9,12,16H,6-7,10-11,13-14H2,1-2H3,(H,20,24). The van der Waals surface area contributed by atoms with Crippen LogP contribution in [0.15, 0.2) is 36.4 Å². The number of carbonyl (C=O) groups excluding carboxylic acids is 1. The highest BCUT2D eigenvalue weighted by molar-refractivity contribution is 5.92. The lowest BCUT2D eigenvalue weighted by atomic mass is 9.98. The van der Waals surface area contributed by atoms with Crippen molar-refractivity contribution >= 4 is 5.91 Å². The smallest absolute Gasteiger partial charge is 0.271 e. The molecule has 0 radical (unpaired) electrons. The van der Waals surface area contributed by atoms with Gasteiger partial charge in [0.25, 0.3) is 5.91 Å². The molecular formula is C19H26N4O. The number of nitrogens with zero attached hydrogens (tertiary/aromatic N) is 3. The number of aromatic nitrogens is 2. The monoisotopic (exact) mass is 326 g/mol. The first-order valence-electron chi connectivity index (χ1n) is 8.68. The molecule has 128 valence electrons. The van der Waals surface area contributed by atoms with E-state index in [1.54, 1.807) is 0 Å². The minimum absolute atomic E-state index is 0.0726. The lowest BCUT2D eigenvalue weighted by Crippen LogP contribution is -2.33. The Bertz CT molecular complexity index is 654. The maximum Gasteiger partial charge on any atom is 0.271 e. The Morgan fingerprint density at radius 2 is 2.08 bits per heavy atom. The Labute approximate surface area is 143 Å². The highest BCUT2D eigenvalue weighted by Crippen LogP contribution is 2.17. The van der Waals surface area contributed by atoms with Gasteiger partial charge in [0.2, 0.25) is 0 Å². The van der Waals surface area contributed by atoms with Crippen LogP contribution in [0.3, 0.4) is 0 Å². The maximum atomic E-state index is 12.5. The van der Waals surface area contributed by atoms with E-state index in [2.05, 4.69) is 41.5 Å². The highest BCUT2D eigenvalue weighted by Gasteiger charge is 2.19. The lowest BCUT2D eigenvalue weighted by Gasteiger charge is -2.21. The number of hydrogen-bond donors (Lipinski definition) is 1. The molecule has 1 aromatic heterocycles. The van der Waals surface area contributed by atoms with Gasteiger partial charge in [0.05, 0.1) is 0 Å². The molecule has 0 saturated heterocycles. The van der Waals surface area contributed by atoms with Crippen LogP contribution in [0.1, 0.15) is 40.5 Å². The molecule has 1 amide bonds. The summed E-state index contributed by atoms with van der Waals surface area (Å²) in [6.45, 7) is 2.43. The summed E-state index contributed by atoms with van der Waals surface area (Å²) in [4.78, 5) is 14.6. The van der Waals surface area contributed by atoms with Crippen molar-refractivity contribution in [3.63, 3.8) is 0 Å². The predicted octanol–water partition coefficient (Wildman–Crippen LogP) is 2.29. The Balaban J connectivity index is 1.65. The fourth-order valence-electron chi connectivity index (χ4n) is 3.29. The second kappa shape index (κ2) is 7.62. The zero-order valence-corrected chi connectivity index (χ0v) is 14.5. The second-order valence-corrected chi connectivity index (χ2v) is 6.78. The van der Waals surface area contributed by atoms with Crippen LogP contribution in [-0.2, 0) is 13.0 Å². The van der Waals surface area contributed by atoms with Crippen LogP contribution in [0.25, 0.3) is 0 Å². The molecule has 1 atom stereocenters. The first-order valence-corrected chi connectivity index (χ1v) is 8.68. The normalized spacial score (nSPS) is 15.1. The van der Waals surface area contributed by atoms with E-state index < -0.39 is 0 Å². The summed E-state index contributed by atoms with van der Waals surface area (Å²) in [6.07, 6.45) is 3.36. The van der Waals surface area contributed by atoms with Crippen LogP contribution in [-0.4, -0.2) is 47.8 Å². The van der Waals surface area contributed by atoms with Crippen molar-refractivity contribution in [2.45, 2.75) is 31.7 Å². The minimum Gasteiger partial charge on any atom is -0.350 e. The molecule has 1 aliphatic heterocycles. The summed E-state index contributed by atoms with van der Waals surface area (Å²) >= 11 is 0. The van der Waals surface area contributed by atoms with Crippen molar-refractivity contribution in [1.29, 1.82) is 0 Å². The predicted molar refractivity (Wildman–Crippen MR) is 95.2 cm³/mol. The fourth-order valence-corrected chi connectivity index (χ4v) is 3.29. The van der Waals surface area contributed by atoms with Crippen LogP contribution in [0, 0.1) is 0 Å². The van der Waals surface area contributed by atoms with Gasteiger partial charge in [-0.15, -0.1) is 0 Å². The summed E-state index contributed by atoms with van der Waals surface area (Å²) in [6, 6.07) is 12.3. The number of aryl methyl sites for hydroxylation is 2. The Hall–Kier alpha value is -2.14. The summed E-state index contributed by atoms with van der Waals surface area (Å²) in [7, 11) is 4.11. The Kier molecular flexibility index (Phi) is 5.30. The molecule has 1 unspecified atom stereocenters. The van der Waals surface area contributed by atoms with Gasteiger partial charge in [0.15, 0.2) is 0 Å². The quantitative estimate of drug-likeness (QED) is 0.886. The zero-order chi connectivity index (χ0) is 16.9. The molecule has 1 aromatic carbocycles. The van der Waals surface area contributed by atoms with Gasteiger partial charge >= 0.3 is 0 Å². The third kappa shape index (κ3) is 4.03. The molecule has 0 aliphatic carbocycles. The van der Waals surface area contributed by atoms with Gasteiger partial charge in [-0.1, -0.05) is 30.3 Å². The van der Waals surface area contributed by atoms with Gasteiger partial charge in [0, 0.05) is 31.2 Å². The van der Waals surface area contributed by atoms with E-state index >= 15 is 0 Å². The van der Waals surface area contributed by atoms with E-state index in [-0.39, 0.29) is 11.8 Å². The third-order valence-corrected chi connectivity index (χ3v) is 4.51. The summed E-state index contributed by atoms with van der Waals surface area (Å²) in [5.41, 5.74) is 2.97. The lowest BCUT2D eigenvalue weighted by molar-refractivity contribution is 0.0943. The van der Waals surface area contributed by atoms with E-state index in [4.69, 9.17) is 0 Å². The van der Waals surface area contributed by atoms with E-state index in [1.165, 1.54) is 17.7 Å². The molecule has 0 spiro atoms. The second-order valence-electron chi connectivity index (χ2n) is 6.78. The number of benzene rings is 1. The summed E-state index contributed by atoms with van der Waals surface area (Å²) in [5.74, 6) is 0.193. The fraction of sp³-hybridized carbons (Fsp3) is 0.474. The molecule has 3 rings (SSSR count). The number of carbonyl (C=O) groups is 1. The van der Waals surface area contributed by atoms with Gasteiger partial charge in [0.1, 0.15) is 5.69 Å². The van der Waals surface area contributed by atoms with Gasteiger partial charge in [-0.25, -0.2) is 0 Å². The first-order chi connectivity index (χ1) is 11.6. The summed E-state index contributed by atoms with van der Waals surface area (Å²) in [5, 5.41) is 7.53. The molecule has 2 heterocycles. The molecule has 0 bridgehead atoms. The van der Waals surface area contributed by atoms with Crippen molar-refractivity contribution in [2.75, 3.05) is 27.2 Å². The molecule has 5 nitrogen and oxygen atoms in total. The molecule has 0 fully saturated rings. The molecule has 2 aromatic rings. The van der Waals surface area contributed by atoms with Crippen molar-refractivity contribution < 1.29 is 4.79 Å². The minimum atomic E-state index is -0.0726. The van der Waals surface area contributed by atoms with E-state index in [0.29, 0.717) is 12.2 Å². The molecular weight excluding hydrogens is 300 g/mol. The van der Waals surface area contributed by atoms with Crippen LogP contribution in [0.2, 0.25) is 0 Å². The topological polar surface area (TPSA) is 50.2 Å². The van der Waals surface area contributed by atoms with E-state index in [0.717, 1.165) is 25.9 Å². The van der Waals surface area contributed by atoms with Crippen molar-refractivity contribution in [1.82, 2.24) is 20.0 Å². The molecule has 24 heavy (non-hydrogen) atoms. The number of fused-ring (bicyclic) bond motifs is 1.